The minimum atomic E-state index is -0.513. The number of nitrogen functional groups attached to an aromatic ring is 1. The van der Waals surface area contributed by atoms with Crippen molar-refractivity contribution in [1.82, 2.24) is 25.3 Å². The second-order valence-electron chi connectivity index (χ2n) is 4.44. The molecule has 114 valence electrons. The zero-order valence-electron chi connectivity index (χ0n) is 12.2. The van der Waals surface area contributed by atoms with Gasteiger partial charge in [0.1, 0.15) is 0 Å². The Balaban J connectivity index is 2.56. The van der Waals surface area contributed by atoms with Crippen LogP contribution >= 0.6 is 0 Å². The Morgan fingerprint density at radius 2 is 2.05 bits per heavy atom. The van der Waals surface area contributed by atoms with Crippen LogP contribution in [0.1, 0.15) is 55.7 Å². The van der Waals surface area contributed by atoms with E-state index in [2.05, 4.69) is 25.3 Å². The molecule has 21 heavy (non-hydrogen) atoms. The molecule has 0 atom stereocenters. The van der Waals surface area contributed by atoms with Gasteiger partial charge >= 0.3 is 5.97 Å². The smallest absolute Gasteiger partial charge is 0.360 e. The molecule has 0 bridgehead atoms. The van der Waals surface area contributed by atoms with Crippen LogP contribution in [0, 0.1) is 0 Å². The van der Waals surface area contributed by atoms with Crippen LogP contribution in [0.5, 0.6) is 0 Å². The first-order chi connectivity index (χ1) is 10.1. The van der Waals surface area contributed by atoms with Gasteiger partial charge in [0.2, 0.25) is 11.6 Å². The van der Waals surface area contributed by atoms with E-state index in [1.54, 1.807) is 6.92 Å². The highest BCUT2D eigenvalue weighted by atomic mass is 16.6. The van der Waals surface area contributed by atoms with Crippen LogP contribution in [0.4, 0.5) is 5.82 Å². The molecule has 2 aromatic rings. The third-order valence-electron chi connectivity index (χ3n) is 3.24. The standard InChI is InChI=1S/C12H18N6O3/c1-4-7(5-2)9-8(12(19)20-6-3)14-17-18(9)11-10(13)15-21-16-11/h7H,4-6H2,1-3H3,(H2,13,15). The minimum absolute atomic E-state index is 0.0653. The molecule has 9 nitrogen and oxygen atoms in total. The number of carbonyl (C=O) groups is 1. The maximum Gasteiger partial charge on any atom is 0.360 e. The van der Waals surface area contributed by atoms with E-state index < -0.39 is 5.97 Å². The van der Waals surface area contributed by atoms with Crippen molar-refractivity contribution in [2.45, 2.75) is 39.5 Å². The quantitative estimate of drug-likeness (QED) is 0.791. The predicted octanol–water partition coefficient (Wildman–Crippen LogP) is 1.31. The van der Waals surface area contributed by atoms with Crippen molar-refractivity contribution >= 4 is 11.8 Å². The van der Waals surface area contributed by atoms with Crippen LogP contribution in [0.15, 0.2) is 4.63 Å². The van der Waals surface area contributed by atoms with Gasteiger partial charge in [0.15, 0.2) is 5.69 Å². The molecule has 0 aromatic carbocycles. The molecule has 0 saturated heterocycles. The molecule has 0 saturated carbocycles. The maximum absolute atomic E-state index is 12.0. The minimum Gasteiger partial charge on any atom is -0.461 e. The van der Waals surface area contributed by atoms with Gasteiger partial charge in [0.05, 0.1) is 12.3 Å². The molecule has 0 fully saturated rings. The summed E-state index contributed by atoms with van der Waals surface area (Å²) in [4.78, 5) is 12.0. The van der Waals surface area contributed by atoms with Gasteiger partial charge in [-0.3, -0.25) is 0 Å². The number of rotatable bonds is 6. The van der Waals surface area contributed by atoms with E-state index in [1.807, 2.05) is 13.8 Å². The summed E-state index contributed by atoms with van der Waals surface area (Å²) in [6.07, 6.45) is 1.61. The van der Waals surface area contributed by atoms with Crippen molar-refractivity contribution in [1.29, 1.82) is 0 Å². The first kappa shape index (κ1) is 14.9. The molecule has 2 heterocycles. The van der Waals surface area contributed by atoms with Crippen molar-refractivity contribution in [3.8, 4) is 5.82 Å². The summed E-state index contributed by atoms with van der Waals surface area (Å²) < 4.78 is 11.0. The van der Waals surface area contributed by atoms with Gasteiger partial charge in [-0.15, -0.1) is 5.10 Å². The van der Waals surface area contributed by atoms with E-state index in [0.29, 0.717) is 5.69 Å². The summed E-state index contributed by atoms with van der Waals surface area (Å²) in [5.41, 5.74) is 6.48. The van der Waals surface area contributed by atoms with Crippen molar-refractivity contribution in [3.05, 3.63) is 11.4 Å². The fraction of sp³-hybridized carbons (Fsp3) is 0.583. The van der Waals surface area contributed by atoms with Crippen molar-refractivity contribution in [2.75, 3.05) is 12.3 Å². The first-order valence-electron chi connectivity index (χ1n) is 6.85. The van der Waals surface area contributed by atoms with Gasteiger partial charge in [0.25, 0.3) is 0 Å². The molecule has 9 heteroatoms. The normalized spacial score (nSPS) is 11.0. The third kappa shape index (κ3) is 2.71. The Morgan fingerprint density at radius 3 is 2.57 bits per heavy atom. The van der Waals surface area contributed by atoms with E-state index in [0.717, 1.165) is 12.8 Å². The molecular weight excluding hydrogens is 276 g/mol. The van der Waals surface area contributed by atoms with Crippen LogP contribution < -0.4 is 5.73 Å². The molecule has 0 radical (unpaired) electrons. The number of anilines is 1. The molecule has 0 aliphatic heterocycles. The van der Waals surface area contributed by atoms with Gasteiger partial charge in [0, 0.05) is 5.92 Å². The molecule has 0 amide bonds. The first-order valence-corrected chi connectivity index (χ1v) is 6.85. The molecule has 0 aliphatic carbocycles. The van der Waals surface area contributed by atoms with Crippen LogP contribution in [0.3, 0.4) is 0 Å². The Kier molecular flexibility index (Phi) is 4.51. The van der Waals surface area contributed by atoms with Crippen LogP contribution in [-0.4, -0.2) is 37.9 Å². The van der Waals surface area contributed by atoms with E-state index in [-0.39, 0.29) is 29.9 Å². The average molecular weight is 294 g/mol. The monoisotopic (exact) mass is 294 g/mol. The fourth-order valence-corrected chi connectivity index (χ4v) is 2.17. The Labute approximate surface area is 121 Å². The van der Waals surface area contributed by atoms with Crippen LogP contribution in [-0.2, 0) is 4.74 Å². The molecule has 0 spiro atoms. The summed E-state index contributed by atoms with van der Waals surface area (Å²) in [7, 11) is 0. The van der Waals surface area contributed by atoms with Gasteiger partial charge < -0.3 is 10.5 Å². The number of esters is 1. The van der Waals surface area contributed by atoms with Gasteiger partial charge in [-0.25, -0.2) is 9.42 Å². The molecule has 0 aliphatic rings. The fourth-order valence-electron chi connectivity index (χ4n) is 2.17. The van der Waals surface area contributed by atoms with Crippen LogP contribution in [0.2, 0.25) is 0 Å². The van der Waals surface area contributed by atoms with Crippen molar-refractivity contribution in [2.24, 2.45) is 0 Å². The van der Waals surface area contributed by atoms with E-state index in [4.69, 9.17) is 10.5 Å². The average Bonchev–Trinajstić information content (AvgIpc) is 3.07. The maximum atomic E-state index is 12.0. The number of ether oxygens (including phenoxy) is 1. The number of aromatic nitrogens is 5. The van der Waals surface area contributed by atoms with Gasteiger partial charge in [-0.1, -0.05) is 19.1 Å². The van der Waals surface area contributed by atoms with E-state index >= 15 is 0 Å². The second-order valence-corrected chi connectivity index (χ2v) is 4.44. The number of carbonyl (C=O) groups excluding carboxylic acids is 1. The second kappa shape index (κ2) is 6.33. The highest BCUT2D eigenvalue weighted by molar-refractivity contribution is 5.88. The summed E-state index contributed by atoms with van der Waals surface area (Å²) in [6.45, 7) is 6.04. The molecule has 2 N–H and O–H groups in total. The molecule has 2 aromatic heterocycles. The molecule has 2 rings (SSSR count). The number of nitrogens with zero attached hydrogens (tertiary/aromatic N) is 5. The highest BCUT2D eigenvalue weighted by Crippen LogP contribution is 2.28. The number of nitrogens with two attached hydrogens (primary N) is 1. The predicted molar refractivity (Wildman–Crippen MR) is 72.9 cm³/mol. The Morgan fingerprint density at radius 1 is 1.33 bits per heavy atom. The Bertz CT molecular complexity index is 616. The topological polar surface area (TPSA) is 122 Å². The summed E-state index contributed by atoms with van der Waals surface area (Å²) in [5.74, 6) is -0.140. The number of hydrogen-bond acceptors (Lipinski definition) is 8. The third-order valence-corrected chi connectivity index (χ3v) is 3.24. The summed E-state index contributed by atoms with van der Waals surface area (Å²) in [5, 5.41) is 15.1. The molecular formula is C12H18N6O3. The van der Waals surface area contributed by atoms with Crippen LogP contribution in [0.25, 0.3) is 5.82 Å². The lowest BCUT2D eigenvalue weighted by Crippen LogP contribution is -2.14. The SMILES string of the molecule is CCOC(=O)c1nnn(-c2nonc2N)c1C(CC)CC. The van der Waals surface area contributed by atoms with E-state index in [9.17, 15) is 4.79 Å². The lowest BCUT2D eigenvalue weighted by Gasteiger charge is -2.14. The zero-order chi connectivity index (χ0) is 15.4. The largest absolute Gasteiger partial charge is 0.461 e. The molecule has 0 unspecified atom stereocenters. The van der Waals surface area contributed by atoms with E-state index in [1.165, 1.54) is 4.68 Å². The Hall–Kier alpha value is -2.45. The number of hydrogen-bond donors (Lipinski definition) is 1. The van der Waals surface area contributed by atoms with Gasteiger partial charge in [-0.05, 0) is 30.1 Å². The summed E-state index contributed by atoms with van der Waals surface area (Å²) in [6, 6.07) is 0. The lowest BCUT2D eigenvalue weighted by molar-refractivity contribution is 0.0517. The lowest BCUT2D eigenvalue weighted by atomic mass is 9.97. The zero-order valence-corrected chi connectivity index (χ0v) is 12.2. The van der Waals surface area contributed by atoms with Gasteiger partial charge in [-0.2, -0.15) is 4.68 Å². The summed E-state index contributed by atoms with van der Waals surface area (Å²) >= 11 is 0. The van der Waals surface area contributed by atoms with Crippen molar-refractivity contribution in [3.63, 3.8) is 0 Å². The highest BCUT2D eigenvalue weighted by Gasteiger charge is 2.28. The van der Waals surface area contributed by atoms with Crippen molar-refractivity contribution < 1.29 is 14.2 Å².